The van der Waals surface area contributed by atoms with E-state index in [1.807, 2.05) is 4.90 Å². The van der Waals surface area contributed by atoms with Crippen LogP contribution in [0.4, 0.5) is 23.8 Å². The van der Waals surface area contributed by atoms with Crippen molar-refractivity contribution in [1.29, 1.82) is 0 Å². The molecular weight excluding hydrogens is 579 g/mol. The second-order valence-electron chi connectivity index (χ2n) is 8.96. The molecule has 1 saturated heterocycles. The van der Waals surface area contributed by atoms with Gasteiger partial charge in [0.1, 0.15) is 15.7 Å². The van der Waals surface area contributed by atoms with Crippen molar-refractivity contribution in [3.63, 3.8) is 0 Å². The maximum atomic E-state index is 14.1. The number of rotatable bonds is 9. The van der Waals surface area contributed by atoms with E-state index in [-0.39, 0.29) is 34.1 Å². The summed E-state index contributed by atoms with van der Waals surface area (Å²) < 4.78 is 52.3. The van der Waals surface area contributed by atoms with Gasteiger partial charge in [-0.05, 0) is 19.1 Å². The first kappa shape index (κ1) is 30.8. The Kier molecular flexibility index (Phi) is 10.0. The Bertz CT molecular complexity index is 1440. The number of carbonyl (C=O) groups is 3. The molecule has 0 atom stereocenters. The number of morpholine rings is 1. The number of thiazole rings is 1. The van der Waals surface area contributed by atoms with Crippen LogP contribution in [-0.4, -0.2) is 90.8 Å². The predicted octanol–water partition coefficient (Wildman–Crippen LogP) is 3.28. The largest absolute Gasteiger partial charge is 0.465 e. The van der Waals surface area contributed by atoms with Gasteiger partial charge >= 0.3 is 18.2 Å². The number of anilines is 1. The van der Waals surface area contributed by atoms with Gasteiger partial charge in [-0.2, -0.15) is 13.2 Å². The van der Waals surface area contributed by atoms with Crippen molar-refractivity contribution in [3.8, 4) is 21.7 Å². The highest BCUT2D eigenvalue weighted by Crippen LogP contribution is 2.41. The van der Waals surface area contributed by atoms with Crippen molar-refractivity contribution in [2.45, 2.75) is 13.1 Å². The van der Waals surface area contributed by atoms with E-state index in [1.165, 1.54) is 37.8 Å². The zero-order chi connectivity index (χ0) is 30.3. The molecule has 1 aliphatic heterocycles. The topological polar surface area (TPSA) is 148 Å². The monoisotopic (exact) mass is 607 g/mol. The lowest BCUT2D eigenvalue weighted by atomic mass is 10.0. The molecule has 42 heavy (non-hydrogen) atoms. The van der Waals surface area contributed by atoms with Crippen molar-refractivity contribution >= 4 is 35.1 Å². The lowest BCUT2D eigenvalue weighted by Gasteiger charge is -2.26. The van der Waals surface area contributed by atoms with E-state index in [9.17, 15) is 27.6 Å². The summed E-state index contributed by atoms with van der Waals surface area (Å²) in [5, 5.41) is 7.46. The Balaban J connectivity index is 1.73. The number of halogens is 3. The smallest absolute Gasteiger partial charge is 0.435 e. The maximum Gasteiger partial charge on any atom is 0.435 e. The molecule has 0 spiro atoms. The minimum Gasteiger partial charge on any atom is -0.465 e. The summed E-state index contributed by atoms with van der Waals surface area (Å²) in [5.41, 5.74) is -0.528. The molecular formula is C26H28F3N7O5S. The number of carbonyl (C=O) groups excluding carboxylic acids is 3. The Hall–Kier alpha value is -4.15. The summed E-state index contributed by atoms with van der Waals surface area (Å²) in [6, 6.07) is 2.20. The first-order valence-corrected chi connectivity index (χ1v) is 13.7. The lowest BCUT2D eigenvalue weighted by molar-refractivity contribution is -0.141. The third-order valence-electron chi connectivity index (χ3n) is 6.10. The van der Waals surface area contributed by atoms with E-state index in [4.69, 9.17) is 9.47 Å². The molecule has 4 heterocycles. The van der Waals surface area contributed by atoms with Crippen LogP contribution in [0.3, 0.4) is 0 Å². The number of urea groups is 1. The van der Waals surface area contributed by atoms with Crippen molar-refractivity contribution in [2.75, 3.05) is 58.4 Å². The molecule has 0 aromatic carbocycles. The second-order valence-corrected chi connectivity index (χ2v) is 9.96. The Morgan fingerprint density at radius 3 is 2.55 bits per heavy atom. The van der Waals surface area contributed by atoms with E-state index in [0.29, 0.717) is 56.3 Å². The van der Waals surface area contributed by atoms with Crippen molar-refractivity contribution in [2.24, 2.45) is 0 Å². The Labute approximate surface area is 242 Å². The summed E-state index contributed by atoms with van der Waals surface area (Å²) in [6.45, 7) is 5.06. The average Bonchev–Trinajstić information content (AvgIpc) is 3.44. The van der Waals surface area contributed by atoms with Gasteiger partial charge in [0.2, 0.25) is 0 Å². The fraction of sp³-hybridized carbons (Fsp3) is 0.385. The van der Waals surface area contributed by atoms with Crippen LogP contribution >= 0.6 is 11.3 Å². The van der Waals surface area contributed by atoms with Crippen LogP contribution in [0.15, 0.2) is 30.7 Å². The molecule has 0 aliphatic carbocycles. The number of hydrogen-bond acceptors (Lipinski definition) is 10. The number of pyridine rings is 2. The van der Waals surface area contributed by atoms with Gasteiger partial charge in [-0.15, -0.1) is 11.3 Å². The van der Waals surface area contributed by atoms with Crippen LogP contribution in [0.5, 0.6) is 0 Å². The van der Waals surface area contributed by atoms with Crippen LogP contribution in [0.25, 0.3) is 21.7 Å². The molecule has 3 aromatic heterocycles. The van der Waals surface area contributed by atoms with Gasteiger partial charge in [0.05, 0.1) is 25.9 Å². The highest BCUT2D eigenvalue weighted by Gasteiger charge is 2.40. The SMILES string of the molecule is CCNC(=O)Nc1cc(-c2nc(C(F)(F)F)c(C(=O)NCCN3CCOCC3)s2)c(-c2cncc(C(=O)OC)c2)cn1. The quantitative estimate of drug-likeness (QED) is 0.312. The highest BCUT2D eigenvalue weighted by molar-refractivity contribution is 7.17. The standard InChI is InChI=1S/C26H28F3N7O5S/c1-3-31-25(39)34-19-11-17(18(14-33-19)15-10-16(13-30-12-15)24(38)40-2)23-35-21(26(27,28)29)20(42-23)22(37)32-4-5-36-6-8-41-9-7-36/h10-14H,3-9H2,1-2H3,(H,32,37)(H2,31,33,34,39). The van der Waals surface area contributed by atoms with Crippen molar-refractivity contribution < 1.29 is 37.0 Å². The third-order valence-corrected chi connectivity index (χ3v) is 7.19. The Morgan fingerprint density at radius 2 is 1.86 bits per heavy atom. The molecule has 3 amide bonds. The third kappa shape index (κ3) is 7.57. The molecule has 0 bridgehead atoms. The molecule has 3 N–H and O–H groups in total. The molecule has 1 aliphatic rings. The van der Waals surface area contributed by atoms with Crippen LogP contribution in [0, 0.1) is 0 Å². The summed E-state index contributed by atoms with van der Waals surface area (Å²) in [6.07, 6.45) is -0.946. The zero-order valence-electron chi connectivity index (χ0n) is 22.7. The van der Waals surface area contributed by atoms with E-state index in [1.54, 1.807) is 6.92 Å². The van der Waals surface area contributed by atoms with Gasteiger partial charge < -0.3 is 20.1 Å². The number of amides is 3. The molecule has 12 nitrogen and oxygen atoms in total. The number of nitrogens with zero attached hydrogens (tertiary/aromatic N) is 4. The fourth-order valence-electron chi connectivity index (χ4n) is 4.08. The van der Waals surface area contributed by atoms with E-state index in [2.05, 4.69) is 30.9 Å². The summed E-state index contributed by atoms with van der Waals surface area (Å²) in [5.74, 6) is -1.56. The van der Waals surface area contributed by atoms with Gasteiger partial charge in [-0.1, -0.05) is 0 Å². The fourth-order valence-corrected chi connectivity index (χ4v) is 5.11. The van der Waals surface area contributed by atoms with E-state index < -0.39 is 34.7 Å². The minimum atomic E-state index is -4.92. The number of hydrogen-bond donors (Lipinski definition) is 3. The van der Waals surface area contributed by atoms with E-state index >= 15 is 0 Å². The zero-order valence-corrected chi connectivity index (χ0v) is 23.5. The number of nitrogens with one attached hydrogen (secondary N) is 3. The number of esters is 1. The lowest BCUT2D eigenvalue weighted by Crippen LogP contribution is -2.41. The van der Waals surface area contributed by atoms with Gasteiger partial charge in [-0.3, -0.25) is 20.0 Å². The summed E-state index contributed by atoms with van der Waals surface area (Å²) in [7, 11) is 1.20. The average molecular weight is 608 g/mol. The number of aromatic nitrogens is 3. The highest BCUT2D eigenvalue weighted by atomic mass is 32.1. The van der Waals surface area contributed by atoms with Gasteiger partial charge in [0.15, 0.2) is 5.69 Å². The molecule has 1 fully saturated rings. The molecule has 4 rings (SSSR count). The molecule has 0 saturated carbocycles. The van der Waals surface area contributed by atoms with Gasteiger partial charge in [-0.25, -0.2) is 19.6 Å². The molecule has 3 aromatic rings. The maximum absolute atomic E-state index is 14.1. The first-order chi connectivity index (χ1) is 20.1. The number of alkyl halides is 3. The molecule has 16 heteroatoms. The predicted molar refractivity (Wildman–Crippen MR) is 147 cm³/mol. The van der Waals surface area contributed by atoms with Gasteiger partial charge in [0.25, 0.3) is 5.91 Å². The minimum absolute atomic E-state index is 0.0250. The molecule has 0 unspecified atom stereocenters. The second kappa shape index (κ2) is 13.7. The van der Waals surface area contributed by atoms with Crippen molar-refractivity contribution in [3.05, 3.63) is 46.9 Å². The number of ether oxygens (including phenoxy) is 2. The van der Waals surface area contributed by atoms with Crippen LogP contribution < -0.4 is 16.0 Å². The normalized spacial score (nSPS) is 13.8. The van der Waals surface area contributed by atoms with Crippen molar-refractivity contribution in [1.82, 2.24) is 30.5 Å². The molecule has 0 radical (unpaired) electrons. The van der Waals surface area contributed by atoms with E-state index in [0.717, 1.165) is 0 Å². The van der Waals surface area contributed by atoms with Crippen LogP contribution in [0.1, 0.15) is 32.6 Å². The van der Waals surface area contributed by atoms with Gasteiger partial charge in [0, 0.05) is 68.0 Å². The number of methoxy groups -OCH3 is 1. The van der Waals surface area contributed by atoms with Crippen LogP contribution in [-0.2, 0) is 15.7 Å². The summed E-state index contributed by atoms with van der Waals surface area (Å²) >= 11 is 0.550. The molecule has 224 valence electrons. The van der Waals surface area contributed by atoms with Crippen LogP contribution in [0.2, 0.25) is 0 Å². The Morgan fingerprint density at radius 1 is 1.10 bits per heavy atom. The summed E-state index contributed by atoms with van der Waals surface area (Å²) in [4.78, 5) is 50.7. The first-order valence-electron chi connectivity index (χ1n) is 12.9.